The summed E-state index contributed by atoms with van der Waals surface area (Å²) in [6.45, 7) is 2.49. The van der Waals surface area contributed by atoms with Gasteiger partial charge >= 0.3 is 11.9 Å². The van der Waals surface area contributed by atoms with E-state index in [0.29, 0.717) is 12.8 Å². The minimum absolute atomic E-state index is 0.147. The fourth-order valence-corrected chi connectivity index (χ4v) is 7.29. The van der Waals surface area contributed by atoms with Crippen LogP contribution in [0.1, 0.15) is 162 Å². The molecule has 15 heteroatoms. The largest absolute Gasteiger partial charge is 0.462 e. The van der Waals surface area contributed by atoms with Crippen molar-refractivity contribution in [3.05, 3.63) is 36.5 Å². The maximum Gasteiger partial charge on any atom is 0.306 e. The number of carbonyl (C=O) groups excluding carboxylic acids is 2. The molecule has 63 heavy (non-hydrogen) atoms. The van der Waals surface area contributed by atoms with Crippen LogP contribution < -0.4 is 0 Å². The van der Waals surface area contributed by atoms with Crippen molar-refractivity contribution >= 4 is 11.9 Å². The van der Waals surface area contributed by atoms with E-state index in [1.807, 2.05) is 0 Å². The first-order valence-corrected chi connectivity index (χ1v) is 24.1. The van der Waals surface area contributed by atoms with Crippen molar-refractivity contribution in [1.29, 1.82) is 0 Å². The lowest BCUT2D eigenvalue weighted by atomic mass is 9.98. The van der Waals surface area contributed by atoms with Gasteiger partial charge < -0.3 is 64.2 Å². The molecule has 366 valence electrons. The summed E-state index contributed by atoms with van der Waals surface area (Å²) in [6.07, 6.45) is 19.0. The second-order valence-electron chi connectivity index (χ2n) is 16.9. The second-order valence-corrected chi connectivity index (χ2v) is 16.9. The van der Waals surface area contributed by atoms with Crippen LogP contribution in [0.25, 0.3) is 0 Å². The van der Waals surface area contributed by atoms with Gasteiger partial charge in [-0.2, -0.15) is 0 Å². The van der Waals surface area contributed by atoms with E-state index in [9.17, 15) is 45.3 Å². The number of ether oxygens (including phenoxy) is 6. The highest BCUT2D eigenvalue weighted by Gasteiger charge is 2.47. The Balaban J connectivity index is 1.85. The van der Waals surface area contributed by atoms with E-state index >= 15 is 0 Å². The summed E-state index contributed by atoms with van der Waals surface area (Å²) < 4.78 is 33.5. The van der Waals surface area contributed by atoms with Crippen LogP contribution in [0.5, 0.6) is 0 Å². The molecule has 2 aliphatic rings. The van der Waals surface area contributed by atoms with Crippen molar-refractivity contribution in [3.8, 4) is 0 Å². The standard InChI is InChI=1S/C48H84O15/c1-3-5-7-9-11-13-15-16-17-18-19-21-23-25-27-29-31-40(51)61-36(33-58-39(50)30-28-26-24-22-20-14-12-10-8-6-4-2)34-59-47-46(57)44(55)42(53)38(63-47)35-60-48-45(56)43(54)41(52)37(32-49)62-48/h10,12-13,15,17-18,36-38,41-49,52-57H,3-9,11,14,16,19-35H2,1-2H3/b12-10-,15-13-,18-17-. The lowest BCUT2D eigenvalue weighted by Crippen LogP contribution is -2.61. The van der Waals surface area contributed by atoms with Crippen LogP contribution in [0.4, 0.5) is 0 Å². The van der Waals surface area contributed by atoms with E-state index in [2.05, 4.69) is 50.3 Å². The number of unbranched alkanes of at least 4 members (excludes halogenated alkanes) is 16. The molecule has 11 atom stereocenters. The third kappa shape index (κ3) is 24.7. The van der Waals surface area contributed by atoms with Crippen molar-refractivity contribution in [3.63, 3.8) is 0 Å². The average Bonchev–Trinajstić information content (AvgIpc) is 3.28. The molecule has 15 nitrogen and oxygen atoms in total. The Morgan fingerprint density at radius 2 is 0.968 bits per heavy atom. The van der Waals surface area contributed by atoms with Gasteiger partial charge in [-0.1, -0.05) is 121 Å². The van der Waals surface area contributed by atoms with Gasteiger partial charge in [-0.25, -0.2) is 0 Å². The molecule has 0 aromatic heterocycles. The number of rotatable bonds is 36. The number of hydrogen-bond acceptors (Lipinski definition) is 15. The highest BCUT2D eigenvalue weighted by atomic mass is 16.7. The van der Waals surface area contributed by atoms with E-state index in [1.165, 1.54) is 38.5 Å². The molecule has 0 aromatic rings. The van der Waals surface area contributed by atoms with Gasteiger partial charge in [0.25, 0.3) is 0 Å². The molecule has 0 spiro atoms. The van der Waals surface area contributed by atoms with E-state index in [-0.39, 0.29) is 26.1 Å². The van der Waals surface area contributed by atoms with Crippen LogP contribution >= 0.6 is 0 Å². The minimum Gasteiger partial charge on any atom is -0.462 e. The first kappa shape index (κ1) is 56.8. The second kappa shape index (κ2) is 35.9. The average molecular weight is 901 g/mol. The Hall–Kier alpha value is -2.28. The Bertz CT molecular complexity index is 1240. The van der Waals surface area contributed by atoms with E-state index in [0.717, 1.165) is 83.5 Å². The molecule has 2 rings (SSSR count). The maximum absolute atomic E-state index is 13.0. The van der Waals surface area contributed by atoms with Crippen LogP contribution in [0.15, 0.2) is 36.5 Å². The molecule has 2 fully saturated rings. The quantitative estimate of drug-likeness (QED) is 0.0225. The summed E-state index contributed by atoms with van der Waals surface area (Å²) in [6, 6.07) is 0. The highest BCUT2D eigenvalue weighted by Crippen LogP contribution is 2.26. The summed E-state index contributed by atoms with van der Waals surface area (Å²) in [5.74, 6) is -0.954. The van der Waals surface area contributed by atoms with Gasteiger partial charge in [-0.05, 0) is 64.2 Å². The molecule has 2 heterocycles. The third-order valence-electron chi connectivity index (χ3n) is 11.3. The van der Waals surface area contributed by atoms with Crippen molar-refractivity contribution in [2.45, 2.75) is 229 Å². The first-order chi connectivity index (χ1) is 30.5. The zero-order chi connectivity index (χ0) is 46.1. The third-order valence-corrected chi connectivity index (χ3v) is 11.3. The Labute approximate surface area is 376 Å². The Kier molecular flexibility index (Phi) is 32.4. The van der Waals surface area contributed by atoms with Crippen LogP contribution in [-0.2, 0) is 38.0 Å². The van der Waals surface area contributed by atoms with Gasteiger partial charge in [0.1, 0.15) is 55.4 Å². The number of hydrogen-bond donors (Lipinski definition) is 7. The number of aliphatic hydroxyl groups is 7. The summed E-state index contributed by atoms with van der Waals surface area (Å²) in [4.78, 5) is 25.6. The molecular weight excluding hydrogens is 817 g/mol. The van der Waals surface area contributed by atoms with Gasteiger partial charge in [0, 0.05) is 12.8 Å². The summed E-state index contributed by atoms with van der Waals surface area (Å²) in [7, 11) is 0. The van der Waals surface area contributed by atoms with Gasteiger partial charge in [0.05, 0.1) is 19.8 Å². The zero-order valence-electron chi connectivity index (χ0n) is 38.3. The molecular formula is C48H84O15. The highest BCUT2D eigenvalue weighted by molar-refractivity contribution is 5.70. The van der Waals surface area contributed by atoms with Crippen LogP contribution in [0, 0.1) is 0 Å². The van der Waals surface area contributed by atoms with Crippen molar-refractivity contribution in [2.75, 3.05) is 26.4 Å². The minimum atomic E-state index is -1.77. The summed E-state index contributed by atoms with van der Waals surface area (Å²) in [5.41, 5.74) is 0. The van der Waals surface area contributed by atoms with Gasteiger partial charge in [0.15, 0.2) is 18.7 Å². The SMILES string of the molecule is CCCC/C=C\CCCCCCCC(=O)OCC(COC1OC(COC2OC(CO)C(O)C(O)C2O)C(O)C(O)C1O)OC(=O)CCCCCCC/C=C\C/C=C\CCCCCC. The number of aliphatic hydroxyl groups excluding tert-OH is 7. The Morgan fingerprint density at radius 3 is 1.54 bits per heavy atom. The monoisotopic (exact) mass is 901 g/mol. The molecule has 11 unspecified atom stereocenters. The number of esters is 2. The number of allylic oxidation sites excluding steroid dienone is 6. The smallest absolute Gasteiger partial charge is 0.306 e. The van der Waals surface area contributed by atoms with Crippen LogP contribution in [0.3, 0.4) is 0 Å². The van der Waals surface area contributed by atoms with Crippen LogP contribution in [0.2, 0.25) is 0 Å². The molecule has 2 saturated heterocycles. The first-order valence-electron chi connectivity index (χ1n) is 24.1. The molecule has 0 aromatic carbocycles. The van der Waals surface area contributed by atoms with Gasteiger partial charge in [0.2, 0.25) is 0 Å². The molecule has 0 saturated carbocycles. The molecule has 0 amide bonds. The molecule has 2 aliphatic heterocycles. The Morgan fingerprint density at radius 1 is 0.508 bits per heavy atom. The molecule has 0 bridgehead atoms. The summed E-state index contributed by atoms with van der Waals surface area (Å²) in [5, 5.41) is 71.9. The fraction of sp³-hybridized carbons (Fsp3) is 0.833. The van der Waals surface area contributed by atoms with E-state index < -0.39 is 92.7 Å². The fourth-order valence-electron chi connectivity index (χ4n) is 7.29. The molecule has 0 radical (unpaired) electrons. The van der Waals surface area contributed by atoms with Crippen molar-refractivity contribution in [2.24, 2.45) is 0 Å². The lowest BCUT2D eigenvalue weighted by molar-refractivity contribution is -0.332. The lowest BCUT2D eigenvalue weighted by Gasteiger charge is -2.42. The van der Waals surface area contributed by atoms with Crippen molar-refractivity contribution < 1.29 is 73.8 Å². The predicted molar refractivity (Wildman–Crippen MR) is 238 cm³/mol. The summed E-state index contributed by atoms with van der Waals surface area (Å²) >= 11 is 0. The zero-order valence-corrected chi connectivity index (χ0v) is 38.3. The topological polar surface area (TPSA) is 231 Å². The molecule has 7 N–H and O–H groups in total. The van der Waals surface area contributed by atoms with Gasteiger partial charge in [-0.15, -0.1) is 0 Å². The normalized spacial score (nSPS) is 27.1. The van der Waals surface area contributed by atoms with Crippen molar-refractivity contribution in [1.82, 2.24) is 0 Å². The van der Waals surface area contributed by atoms with Crippen LogP contribution in [-0.4, -0.2) is 142 Å². The maximum atomic E-state index is 13.0. The van der Waals surface area contributed by atoms with E-state index in [1.54, 1.807) is 0 Å². The molecule has 0 aliphatic carbocycles. The van der Waals surface area contributed by atoms with Gasteiger partial charge in [-0.3, -0.25) is 9.59 Å². The predicted octanol–water partition coefficient (Wildman–Crippen LogP) is 5.76. The number of carbonyl (C=O) groups is 2. The van der Waals surface area contributed by atoms with E-state index in [4.69, 9.17) is 28.4 Å².